The van der Waals surface area contributed by atoms with E-state index in [4.69, 9.17) is 14.2 Å². The Bertz CT molecular complexity index is 911. The van der Waals surface area contributed by atoms with Gasteiger partial charge in [0.05, 0.1) is 33.5 Å². The number of hydrogen-bond acceptors (Lipinski definition) is 7. The molecular weight excluding hydrogens is 440 g/mol. The number of morpholine rings is 1. The molecule has 1 aliphatic carbocycles. The van der Waals surface area contributed by atoms with Gasteiger partial charge in [0.25, 0.3) is 5.91 Å². The van der Waals surface area contributed by atoms with Crippen LogP contribution in [0.4, 0.5) is 4.79 Å². The molecule has 0 aromatic heterocycles. The highest BCUT2D eigenvalue weighted by Crippen LogP contribution is 2.35. The lowest BCUT2D eigenvalue weighted by molar-refractivity contribution is -0.131. The number of hydrogen-bond donors (Lipinski definition) is 2. The Morgan fingerprint density at radius 2 is 1.85 bits per heavy atom. The molecule has 3 fully saturated rings. The molecule has 1 aromatic rings. The van der Waals surface area contributed by atoms with E-state index in [1.165, 1.54) is 4.90 Å². The number of amides is 4. The summed E-state index contributed by atoms with van der Waals surface area (Å²) in [4.78, 5) is 41.3. The van der Waals surface area contributed by atoms with Crippen LogP contribution in [0, 0.1) is 0 Å². The summed E-state index contributed by atoms with van der Waals surface area (Å²) in [6.45, 7) is 3.23. The Labute approximate surface area is 199 Å². The first-order chi connectivity index (χ1) is 16.5. The van der Waals surface area contributed by atoms with Gasteiger partial charge in [-0.1, -0.05) is 18.9 Å². The molecule has 1 saturated carbocycles. The van der Waals surface area contributed by atoms with Crippen molar-refractivity contribution in [3.8, 4) is 11.5 Å². The third-order valence-electron chi connectivity index (χ3n) is 7.04. The Hall–Kier alpha value is -2.85. The largest absolute Gasteiger partial charge is 0.493 e. The van der Waals surface area contributed by atoms with Crippen LogP contribution in [0.25, 0.3) is 0 Å². The van der Waals surface area contributed by atoms with E-state index in [-0.39, 0.29) is 30.8 Å². The highest BCUT2D eigenvalue weighted by atomic mass is 16.5. The minimum Gasteiger partial charge on any atom is -0.493 e. The number of benzene rings is 1. The Morgan fingerprint density at radius 3 is 2.53 bits per heavy atom. The number of carbonyl (C=O) groups is 3. The first-order valence-corrected chi connectivity index (χ1v) is 11.9. The van der Waals surface area contributed by atoms with E-state index in [1.54, 1.807) is 14.2 Å². The normalized spacial score (nSPS) is 20.9. The fourth-order valence-electron chi connectivity index (χ4n) is 5.12. The smallest absolute Gasteiger partial charge is 0.325 e. The molecule has 4 amide bonds. The highest BCUT2D eigenvalue weighted by molar-refractivity contribution is 6.07. The van der Waals surface area contributed by atoms with Crippen molar-refractivity contribution >= 4 is 17.8 Å². The molecule has 10 nitrogen and oxygen atoms in total. The van der Waals surface area contributed by atoms with Crippen molar-refractivity contribution in [1.29, 1.82) is 0 Å². The average Bonchev–Trinajstić information content (AvgIpc) is 3.42. The summed E-state index contributed by atoms with van der Waals surface area (Å²) in [6.07, 6.45) is 3.27. The number of nitrogens with one attached hydrogen (secondary N) is 2. The van der Waals surface area contributed by atoms with Crippen LogP contribution in [0.2, 0.25) is 0 Å². The summed E-state index contributed by atoms with van der Waals surface area (Å²) in [7, 11) is 3.19. The predicted octanol–water partition coefficient (Wildman–Crippen LogP) is 1.45. The van der Waals surface area contributed by atoms with Crippen molar-refractivity contribution in [2.75, 3.05) is 53.6 Å². The molecule has 2 saturated heterocycles. The van der Waals surface area contributed by atoms with Crippen molar-refractivity contribution < 1.29 is 28.6 Å². The maximum absolute atomic E-state index is 12.8. The Morgan fingerprint density at radius 1 is 1.15 bits per heavy atom. The van der Waals surface area contributed by atoms with Gasteiger partial charge in [-0.05, 0) is 30.5 Å². The summed E-state index contributed by atoms with van der Waals surface area (Å²) in [5.41, 5.74) is 0.250. The summed E-state index contributed by atoms with van der Waals surface area (Å²) in [5.74, 6) is 0.875. The summed E-state index contributed by atoms with van der Waals surface area (Å²) >= 11 is 0. The molecular formula is C24H34N4O6. The van der Waals surface area contributed by atoms with Crippen LogP contribution in [0.5, 0.6) is 11.5 Å². The zero-order chi connectivity index (χ0) is 24.1. The Kier molecular flexibility index (Phi) is 7.57. The van der Waals surface area contributed by atoms with Gasteiger partial charge in [-0.2, -0.15) is 0 Å². The number of ether oxygens (including phenoxy) is 3. The van der Waals surface area contributed by atoms with Gasteiger partial charge < -0.3 is 24.8 Å². The van der Waals surface area contributed by atoms with Gasteiger partial charge in [-0.3, -0.25) is 19.4 Å². The average molecular weight is 475 g/mol. The second-order valence-corrected chi connectivity index (χ2v) is 9.01. The number of imide groups is 1. The van der Waals surface area contributed by atoms with Gasteiger partial charge in [0.15, 0.2) is 11.5 Å². The number of methoxy groups -OCH3 is 2. The molecule has 0 unspecified atom stereocenters. The molecule has 2 heterocycles. The highest BCUT2D eigenvalue weighted by Gasteiger charge is 2.52. The van der Waals surface area contributed by atoms with Crippen LogP contribution in [0.1, 0.15) is 43.7 Å². The predicted molar refractivity (Wildman–Crippen MR) is 124 cm³/mol. The number of urea groups is 1. The molecule has 3 aliphatic rings. The molecule has 10 heteroatoms. The van der Waals surface area contributed by atoms with Crippen LogP contribution < -0.4 is 20.1 Å². The lowest BCUT2D eigenvalue weighted by Gasteiger charge is -2.35. The van der Waals surface area contributed by atoms with Gasteiger partial charge >= 0.3 is 6.03 Å². The maximum atomic E-state index is 12.8. The number of nitrogens with zero attached hydrogens (tertiary/aromatic N) is 2. The topological polar surface area (TPSA) is 109 Å². The van der Waals surface area contributed by atoms with Crippen LogP contribution in [-0.4, -0.2) is 86.8 Å². The lowest BCUT2D eigenvalue weighted by Crippen LogP contribution is -2.45. The lowest BCUT2D eigenvalue weighted by atomic mass is 9.98. The first-order valence-electron chi connectivity index (χ1n) is 11.9. The third-order valence-corrected chi connectivity index (χ3v) is 7.04. The molecule has 1 atom stereocenters. The minimum absolute atomic E-state index is 0.0665. The van der Waals surface area contributed by atoms with Crippen molar-refractivity contribution in [3.05, 3.63) is 23.8 Å². The molecule has 4 rings (SSSR count). The monoisotopic (exact) mass is 474 g/mol. The van der Waals surface area contributed by atoms with Gasteiger partial charge in [0.1, 0.15) is 5.54 Å². The minimum atomic E-state index is -0.748. The maximum Gasteiger partial charge on any atom is 0.325 e. The van der Waals surface area contributed by atoms with Crippen LogP contribution in [0.3, 0.4) is 0 Å². The number of rotatable bonds is 9. The fourth-order valence-corrected chi connectivity index (χ4v) is 5.12. The van der Waals surface area contributed by atoms with Crippen molar-refractivity contribution in [2.24, 2.45) is 0 Å². The summed E-state index contributed by atoms with van der Waals surface area (Å²) < 4.78 is 16.3. The zero-order valence-electron chi connectivity index (χ0n) is 19.9. The van der Waals surface area contributed by atoms with E-state index < -0.39 is 11.6 Å². The van der Waals surface area contributed by atoms with Gasteiger partial charge in [-0.25, -0.2) is 4.79 Å². The van der Waals surface area contributed by atoms with E-state index in [9.17, 15) is 14.4 Å². The molecule has 2 N–H and O–H groups in total. The van der Waals surface area contributed by atoms with Crippen molar-refractivity contribution in [1.82, 2.24) is 20.4 Å². The molecule has 0 bridgehead atoms. The van der Waals surface area contributed by atoms with Crippen LogP contribution in [0.15, 0.2) is 18.2 Å². The van der Waals surface area contributed by atoms with E-state index >= 15 is 0 Å². The quantitative estimate of drug-likeness (QED) is 0.522. The first kappa shape index (κ1) is 24.3. The van der Waals surface area contributed by atoms with Crippen LogP contribution in [-0.2, 0) is 14.3 Å². The molecule has 34 heavy (non-hydrogen) atoms. The third kappa shape index (κ3) is 4.97. The molecule has 1 aromatic carbocycles. The standard InChI is InChI=1S/C24H34N4O6/c1-32-19-6-5-17(15-20(19)33-2)18(27-11-13-34-14-12-27)16-25-21(29)7-10-28-22(30)24(26-23(28)31)8-3-4-9-24/h5-6,15,18H,3-4,7-14,16H2,1-2H3,(H,25,29)(H,26,31)/t18-/m0/s1. The van der Waals surface area contributed by atoms with E-state index in [1.807, 2.05) is 18.2 Å². The van der Waals surface area contributed by atoms with Gasteiger partial charge in [-0.15, -0.1) is 0 Å². The zero-order valence-corrected chi connectivity index (χ0v) is 19.9. The molecule has 2 aliphatic heterocycles. The molecule has 1 spiro atoms. The van der Waals surface area contributed by atoms with Crippen molar-refractivity contribution in [2.45, 2.75) is 43.7 Å². The fraction of sp³-hybridized carbons (Fsp3) is 0.625. The molecule has 0 radical (unpaired) electrons. The van der Waals surface area contributed by atoms with Crippen molar-refractivity contribution in [3.63, 3.8) is 0 Å². The second kappa shape index (κ2) is 10.6. The van der Waals surface area contributed by atoms with E-state index in [2.05, 4.69) is 15.5 Å². The van der Waals surface area contributed by atoms with Crippen LogP contribution >= 0.6 is 0 Å². The summed E-state index contributed by atoms with van der Waals surface area (Å²) in [5, 5.41) is 5.85. The Balaban J connectivity index is 1.38. The van der Waals surface area contributed by atoms with Gasteiger partial charge in [0.2, 0.25) is 5.91 Å². The second-order valence-electron chi connectivity index (χ2n) is 9.01. The van der Waals surface area contributed by atoms with Gasteiger partial charge in [0, 0.05) is 32.6 Å². The SMILES string of the molecule is COc1ccc([C@H](CNC(=O)CCN2C(=O)NC3(CCCC3)C2=O)N2CCOCC2)cc1OC. The van der Waals surface area contributed by atoms with E-state index in [0.29, 0.717) is 44.1 Å². The summed E-state index contributed by atoms with van der Waals surface area (Å²) in [6, 6.07) is 5.30. The van der Waals surface area contributed by atoms with E-state index in [0.717, 1.165) is 31.5 Å². The number of carbonyl (C=O) groups excluding carboxylic acids is 3. The molecule has 186 valence electrons.